The minimum absolute atomic E-state index is 0.0151. The molecule has 0 amide bonds. The van der Waals surface area contributed by atoms with E-state index in [9.17, 15) is 8.42 Å². The Morgan fingerprint density at radius 1 is 1.45 bits per heavy atom. The SMILES string of the molecule is CCC(CSC)N(C)S(=O)(=O)c1cc(CN)n(CC)c1. The third-order valence-corrected chi connectivity index (χ3v) is 6.13. The van der Waals surface area contributed by atoms with Crippen LogP contribution in [0.4, 0.5) is 0 Å². The standard InChI is InChI=1S/C13H25N3O2S2/c1-5-11(10-19-4)15(3)20(17,18)13-7-12(8-14)16(6-2)9-13/h7,9,11H,5-6,8,10,14H2,1-4H3. The van der Waals surface area contributed by atoms with E-state index in [4.69, 9.17) is 5.73 Å². The molecule has 1 rings (SSSR count). The predicted molar refractivity (Wildman–Crippen MR) is 85.4 cm³/mol. The van der Waals surface area contributed by atoms with Crippen molar-refractivity contribution in [3.8, 4) is 0 Å². The maximum atomic E-state index is 12.7. The van der Waals surface area contributed by atoms with Crippen molar-refractivity contribution in [1.29, 1.82) is 0 Å². The van der Waals surface area contributed by atoms with Crippen molar-refractivity contribution >= 4 is 21.8 Å². The van der Waals surface area contributed by atoms with Gasteiger partial charge in [0.15, 0.2) is 0 Å². The zero-order valence-electron chi connectivity index (χ0n) is 12.7. The summed E-state index contributed by atoms with van der Waals surface area (Å²) in [7, 11) is -1.79. The van der Waals surface area contributed by atoms with E-state index in [1.54, 1.807) is 31.1 Å². The monoisotopic (exact) mass is 319 g/mol. The lowest BCUT2D eigenvalue weighted by atomic mass is 10.3. The summed E-state index contributed by atoms with van der Waals surface area (Å²) >= 11 is 1.66. The second-order valence-electron chi connectivity index (χ2n) is 4.70. The van der Waals surface area contributed by atoms with E-state index in [1.807, 2.05) is 24.7 Å². The molecule has 0 aromatic carbocycles. The van der Waals surface area contributed by atoms with Gasteiger partial charge < -0.3 is 10.3 Å². The van der Waals surface area contributed by atoms with Crippen LogP contribution in [0, 0.1) is 0 Å². The summed E-state index contributed by atoms with van der Waals surface area (Å²) in [6, 6.07) is 1.70. The van der Waals surface area contributed by atoms with Crippen molar-refractivity contribution in [3.05, 3.63) is 18.0 Å². The van der Waals surface area contributed by atoms with Crippen LogP contribution in [0.25, 0.3) is 0 Å². The van der Waals surface area contributed by atoms with E-state index in [0.717, 1.165) is 17.9 Å². The summed E-state index contributed by atoms with van der Waals surface area (Å²) in [5.74, 6) is 0.796. The molecule has 1 aromatic rings. The summed E-state index contributed by atoms with van der Waals surface area (Å²) in [4.78, 5) is 0.335. The highest BCUT2D eigenvalue weighted by Crippen LogP contribution is 2.22. The molecule has 2 N–H and O–H groups in total. The van der Waals surface area contributed by atoms with Gasteiger partial charge in [0.1, 0.15) is 4.90 Å². The summed E-state index contributed by atoms with van der Waals surface area (Å²) in [5, 5.41) is 0. The van der Waals surface area contributed by atoms with Crippen LogP contribution in [0.1, 0.15) is 26.0 Å². The predicted octanol–water partition coefficient (Wildman–Crippen LogP) is 1.73. The number of hydrogen-bond acceptors (Lipinski definition) is 4. The first-order chi connectivity index (χ1) is 9.42. The van der Waals surface area contributed by atoms with Gasteiger partial charge in [-0.2, -0.15) is 16.1 Å². The van der Waals surface area contributed by atoms with Gasteiger partial charge in [0.05, 0.1) is 0 Å². The first-order valence-corrected chi connectivity index (χ1v) is 9.61. The molecule has 0 bridgehead atoms. The number of hydrogen-bond donors (Lipinski definition) is 1. The second-order valence-corrected chi connectivity index (χ2v) is 7.60. The average molecular weight is 319 g/mol. The summed E-state index contributed by atoms with van der Waals surface area (Å²) < 4.78 is 28.7. The number of aryl methyl sites for hydroxylation is 1. The minimum atomic E-state index is -3.45. The van der Waals surface area contributed by atoms with E-state index >= 15 is 0 Å². The van der Waals surface area contributed by atoms with Crippen LogP contribution < -0.4 is 5.73 Å². The molecule has 0 aliphatic carbocycles. The molecule has 1 atom stereocenters. The maximum Gasteiger partial charge on any atom is 0.244 e. The van der Waals surface area contributed by atoms with Crippen molar-refractivity contribution in [2.24, 2.45) is 5.73 Å². The molecular formula is C13H25N3O2S2. The van der Waals surface area contributed by atoms with Gasteiger partial charge in [-0.25, -0.2) is 8.42 Å². The van der Waals surface area contributed by atoms with Crippen LogP contribution in [0.15, 0.2) is 17.2 Å². The smallest absolute Gasteiger partial charge is 0.244 e. The summed E-state index contributed by atoms with van der Waals surface area (Å²) in [6.07, 6.45) is 4.47. The minimum Gasteiger partial charge on any atom is -0.349 e. The van der Waals surface area contributed by atoms with Gasteiger partial charge in [-0.05, 0) is 25.7 Å². The van der Waals surface area contributed by atoms with Crippen LogP contribution in [0.2, 0.25) is 0 Å². The highest BCUT2D eigenvalue weighted by atomic mass is 32.2. The third-order valence-electron chi connectivity index (χ3n) is 3.53. The molecule has 0 spiro atoms. The fraction of sp³-hybridized carbons (Fsp3) is 0.692. The number of thioether (sulfide) groups is 1. The van der Waals surface area contributed by atoms with Crippen LogP contribution in [-0.2, 0) is 23.1 Å². The number of nitrogens with two attached hydrogens (primary N) is 1. The molecule has 1 unspecified atom stereocenters. The molecule has 0 aliphatic rings. The van der Waals surface area contributed by atoms with Gasteiger partial charge in [-0.3, -0.25) is 0 Å². The highest BCUT2D eigenvalue weighted by molar-refractivity contribution is 7.98. The van der Waals surface area contributed by atoms with Crippen LogP contribution in [0.5, 0.6) is 0 Å². The van der Waals surface area contributed by atoms with Crippen LogP contribution in [0.3, 0.4) is 0 Å². The first kappa shape index (κ1) is 17.6. The molecule has 1 aromatic heterocycles. The molecular weight excluding hydrogens is 294 g/mol. The Morgan fingerprint density at radius 2 is 2.10 bits per heavy atom. The lowest BCUT2D eigenvalue weighted by Crippen LogP contribution is -2.38. The zero-order valence-corrected chi connectivity index (χ0v) is 14.3. The van der Waals surface area contributed by atoms with Gasteiger partial charge in [0, 0.05) is 43.8 Å². The molecule has 0 radical (unpaired) electrons. The fourth-order valence-electron chi connectivity index (χ4n) is 2.17. The largest absolute Gasteiger partial charge is 0.349 e. The van der Waals surface area contributed by atoms with E-state index in [0.29, 0.717) is 18.0 Å². The molecule has 20 heavy (non-hydrogen) atoms. The quantitative estimate of drug-likeness (QED) is 0.792. The average Bonchev–Trinajstić information content (AvgIpc) is 2.87. The lowest BCUT2D eigenvalue weighted by Gasteiger charge is -2.25. The van der Waals surface area contributed by atoms with E-state index in [2.05, 4.69) is 0 Å². The summed E-state index contributed by atoms with van der Waals surface area (Å²) in [6.45, 7) is 5.04. The first-order valence-electron chi connectivity index (χ1n) is 6.78. The number of nitrogens with zero attached hydrogens (tertiary/aromatic N) is 2. The molecule has 7 heteroatoms. The van der Waals surface area contributed by atoms with Gasteiger partial charge in [0.25, 0.3) is 0 Å². The Hall–Kier alpha value is -0.500. The molecule has 5 nitrogen and oxygen atoms in total. The van der Waals surface area contributed by atoms with E-state index < -0.39 is 10.0 Å². The third kappa shape index (κ3) is 3.58. The Bertz CT molecular complexity index is 504. The second kappa shape index (κ2) is 7.49. The fourth-order valence-corrected chi connectivity index (χ4v) is 4.60. The van der Waals surface area contributed by atoms with Gasteiger partial charge in [-0.1, -0.05) is 6.92 Å². The Morgan fingerprint density at radius 3 is 2.50 bits per heavy atom. The molecule has 0 fully saturated rings. The molecule has 0 saturated carbocycles. The van der Waals surface area contributed by atoms with E-state index in [-0.39, 0.29) is 6.04 Å². The van der Waals surface area contributed by atoms with Gasteiger partial charge in [0.2, 0.25) is 10.0 Å². The van der Waals surface area contributed by atoms with Crippen molar-refractivity contribution in [2.75, 3.05) is 19.1 Å². The molecule has 0 saturated heterocycles. The normalized spacial score (nSPS) is 13.9. The topological polar surface area (TPSA) is 68.3 Å². The Labute approximate surface area is 126 Å². The van der Waals surface area contributed by atoms with Crippen molar-refractivity contribution in [3.63, 3.8) is 0 Å². The van der Waals surface area contributed by atoms with E-state index in [1.165, 1.54) is 4.31 Å². The van der Waals surface area contributed by atoms with Gasteiger partial charge >= 0.3 is 0 Å². The Kier molecular flexibility index (Phi) is 6.57. The van der Waals surface area contributed by atoms with Crippen molar-refractivity contribution in [1.82, 2.24) is 8.87 Å². The highest BCUT2D eigenvalue weighted by Gasteiger charge is 2.28. The molecule has 0 aliphatic heterocycles. The lowest BCUT2D eigenvalue weighted by molar-refractivity contribution is 0.385. The maximum absolute atomic E-state index is 12.7. The Balaban J connectivity index is 3.12. The molecule has 116 valence electrons. The number of sulfonamides is 1. The van der Waals surface area contributed by atoms with Crippen molar-refractivity contribution < 1.29 is 8.42 Å². The van der Waals surface area contributed by atoms with Gasteiger partial charge in [-0.15, -0.1) is 0 Å². The van der Waals surface area contributed by atoms with Crippen LogP contribution >= 0.6 is 11.8 Å². The number of rotatable bonds is 8. The van der Waals surface area contributed by atoms with Crippen molar-refractivity contribution in [2.45, 2.75) is 44.3 Å². The summed E-state index contributed by atoms with van der Waals surface area (Å²) in [5.41, 5.74) is 6.50. The number of aromatic nitrogens is 1. The molecule has 1 heterocycles. The van der Waals surface area contributed by atoms with Crippen LogP contribution in [-0.4, -0.2) is 42.4 Å². The zero-order chi connectivity index (χ0) is 15.3.